The molecular formula is C4H9NO4. The first-order valence-electron chi connectivity index (χ1n) is 2.37. The summed E-state index contributed by atoms with van der Waals surface area (Å²) in [6.07, 6.45) is -1.67. The van der Waals surface area contributed by atoms with E-state index in [1.54, 1.807) is 0 Å². The molecule has 0 aliphatic heterocycles. The Morgan fingerprint density at radius 1 is 1.67 bits per heavy atom. The van der Waals surface area contributed by atoms with E-state index in [1.807, 2.05) is 0 Å². The molecule has 5 N–H and O–H groups in total. The van der Waals surface area contributed by atoms with Crippen LogP contribution in [-0.2, 0) is 4.79 Å². The molecule has 0 aromatic rings. The molecule has 5 nitrogen and oxygen atoms in total. The third-order valence-electron chi connectivity index (χ3n) is 0.869. The molecular weight excluding hydrogens is 126 g/mol. The van der Waals surface area contributed by atoms with E-state index in [1.165, 1.54) is 0 Å². The SMILES string of the molecule is NC(CO)C(O)C(=O)O. The van der Waals surface area contributed by atoms with Gasteiger partial charge in [-0.15, -0.1) is 0 Å². The van der Waals surface area contributed by atoms with Gasteiger partial charge in [0.2, 0.25) is 0 Å². The van der Waals surface area contributed by atoms with Gasteiger partial charge in [0.1, 0.15) is 0 Å². The van der Waals surface area contributed by atoms with Crippen molar-refractivity contribution in [2.24, 2.45) is 5.73 Å². The van der Waals surface area contributed by atoms with Crippen LogP contribution < -0.4 is 5.73 Å². The highest BCUT2D eigenvalue weighted by Gasteiger charge is 2.20. The zero-order valence-electron chi connectivity index (χ0n) is 4.69. The van der Waals surface area contributed by atoms with Crippen LogP contribution in [0.5, 0.6) is 0 Å². The molecule has 0 saturated carbocycles. The van der Waals surface area contributed by atoms with Gasteiger partial charge in [0.05, 0.1) is 12.6 Å². The van der Waals surface area contributed by atoms with E-state index in [4.69, 9.17) is 21.1 Å². The first kappa shape index (κ1) is 8.35. The number of aliphatic hydroxyl groups is 2. The Morgan fingerprint density at radius 2 is 2.11 bits per heavy atom. The smallest absolute Gasteiger partial charge is 0.334 e. The lowest BCUT2D eigenvalue weighted by molar-refractivity contribution is -0.148. The summed E-state index contributed by atoms with van der Waals surface area (Å²) in [7, 11) is 0. The number of carbonyl (C=O) groups is 1. The van der Waals surface area contributed by atoms with Crippen LogP contribution in [0.3, 0.4) is 0 Å². The summed E-state index contributed by atoms with van der Waals surface area (Å²) in [6.45, 7) is -0.534. The number of carboxylic acids is 1. The average Bonchev–Trinajstić information content (AvgIpc) is 1.84. The minimum Gasteiger partial charge on any atom is -0.479 e. The van der Waals surface area contributed by atoms with E-state index in [2.05, 4.69) is 0 Å². The van der Waals surface area contributed by atoms with Crippen molar-refractivity contribution >= 4 is 5.97 Å². The first-order valence-corrected chi connectivity index (χ1v) is 2.37. The number of aliphatic hydroxyl groups excluding tert-OH is 2. The summed E-state index contributed by atoms with van der Waals surface area (Å²) >= 11 is 0. The Hall–Kier alpha value is -0.650. The molecule has 0 aromatic carbocycles. The van der Waals surface area contributed by atoms with Crippen molar-refractivity contribution in [2.75, 3.05) is 6.61 Å². The maximum Gasteiger partial charge on any atom is 0.334 e. The number of nitrogens with two attached hydrogens (primary N) is 1. The second-order valence-corrected chi connectivity index (χ2v) is 1.63. The fourth-order valence-electron chi connectivity index (χ4n) is 0.283. The second kappa shape index (κ2) is 3.39. The topological polar surface area (TPSA) is 104 Å². The molecule has 0 radical (unpaired) electrons. The van der Waals surface area contributed by atoms with Gasteiger partial charge in [0, 0.05) is 0 Å². The summed E-state index contributed by atoms with van der Waals surface area (Å²) in [5, 5.41) is 24.8. The minimum absolute atomic E-state index is 0.534. The van der Waals surface area contributed by atoms with Crippen LogP contribution in [0.15, 0.2) is 0 Å². The van der Waals surface area contributed by atoms with Crippen molar-refractivity contribution < 1.29 is 20.1 Å². The fraction of sp³-hybridized carbons (Fsp3) is 0.750. The Bertz CT molecular complexity index is 105. The highest BCUT2D eigenvalue weighted by Crippen LogP contribution is 1.87. The highest BCUT2D eigenvalue weighted by molar-refractivity contribution is 5.72. The zero-order valence-corrected chi connectivity index (χ0v) is 4.69. The largest absolute Gasteiger partial charge is 0.479 e. The number of rotatable bonds is 3. The molecule has 0 heterocycles. The van der Waals surface area contributed by atoms with Gasteiger partial charge in [-0.2, -0.15) is 0 Å². The molecule has 2 atom stereocenters. The Balaban J connectivity index is 3.72. The normalized spacial score (nSPS) is 16.8. The Morgan fingerprint density at radius 3 is 2.22 bits per heavy atom. The monoisotopic (exact) mass is 135 g/mol. The van der Waals surface area contributed by atoms with E-state index in [0.717, 1.165) is 0 Å². The van der Waals surface area contributed by atoms with Crippen LogP contribution in [0.2, 0.25) is 0 Å². The van der Waals surface area contributed by atoms with Crippen molar-refractivity contribution in [3.63, 3.8) is 0 Å². The Kier molecular flexibility index (Phi) is 3.15. The molecule has 0 fully saturated rings. The summed E-state index contributed by atoms with van der Waals surface area (Å²) in [5.74, 6) is -1.42. The van der Waals surface area contributed by atoms with Crippen LogP contribution in [0, 0.1) is 0 Å². The maximum atomic E-state index is 9.86. The molecule has 2 unspecified atom stereocenters. The van der Waals surface area contributed by atoms with Crippen LogP contribution >= 0.6 is 0 Å². The minimum atomic E-state index is -1.67. The van der Waals surface area contributed by atoms with E-state index in [9.17, 15) is 4.79 Å². The molecule has 5 heteroatoms. The van der Waals surface area contributed by atoms with Gasteiger partial charge in [-0.3, -0.25) is 0 Å². The van der Waals surface area contributed by atoms with E-state index >= 15 is 0 Å². The predicted octanol–water partition coefficient (Wildman–Crippen LogP) is -2.25. The lowest BCUT2D eigenvalue weighted by Crippen LogP contribution is -2.42. The number of hydrogen-bond acceptors (Lipinski definition) is 4. The van der Waals surface area contributed by atoms with Crippen LogP contribution in [0.4, 0.5) is 0 Å². The van der Waals surface area contributed by atoms with Gasteiger partial charge in [0.15, 0.2) is 6.10 Å². The number of hydrogen-bond donors (Lipinski definition) is 4. The molecule has 0 spiro atoms. The lowest BCUT2D eigenvalue weighted by Gasteiger charge is -2.10. The molecule has 0 aromatic heterocycles. The van der Waals surface area contributed by atoms with Gasteiger partial charge in [-0.05, 0) is 0 Å². The molecule has 0 bridgehead atoms. The van der Waals surface area contributed by atoms with Gasteiger partial charge in [-0.1, -0.05) is 0 Å². The standard InChI is InChI=1S/C4H9NO4/c5-2(1-6)3(7)4(8)9/h2-3,6-7H,1,5H2,(H,8,9). The quantitative estimate of drug-likeness (QED) is 0.350. The molecule has 0 aliphatic rings. The van der Waals surface area contributed by atoms with E-state index in [-0.39, 0.29) is 0 Å². The fourth-order valence-corrected chi connectivity index (χ4v) is 0.283. The first-order chi connectivity index (χ1) is 4.09. The zero-order chi connectivity index (χ0) is 7.44. The summed E-state index contributed by atoms with van der Waals surface area (Å²) in [5.41, 5.74) is 4.94. The van der Waals surface area contributed by atoms with Crippen molar-refractivity contribution in [1.82, 2.24) is 0 Å². The summed E-state index contributed by atoms with van der Waals surface area (Å²) in [4.78, 5) is 9.86. The molecule has 9 heavy (non-hydrogen) atoms. The van der Waals surface area contributed by atoms with Crippen molar-refractivity contribution in [2.45, 2.75) is 12.1 Å². The number of aliphatic carboxylic acids is 1. The summed E-state index contributed by atoms with van der Waals surface area (Å²) in [6, 6.07) is -1.09. The molecule has 0 aliphatic carbocycles. The van der Waals surface area contributed by atoms with Gasteiger partial charge >= 0.3 is 5.97 Å². The Labute approximate surface area is 51.7 Å². The molecule has 0 rings (SSSR count). The van der Waals surface area contributed by atoms with Gasteiger partial charge in [0.25, 0.3) is 0 Å². The van der Waals surface area contributed by atoms with E-state index in [0.29, 0.717) is 0 Å². The second-order valence-electron chi connectivity index (χ2n) is 1.63. The van der Waals surface area contributed by atoms with Crippen molar-refractivity contribution in [3.05, 3.63) is 0 Å². The van der Waals surface area contributed by atoms with E-state index < -0.39 is 24.7 Å². The maximum absolute atomic E-state index is 9.86. The molecule has 54 valence electrons. The van der Waals surface area contributed by atoms with Crippen LogP contribution in [-0.4, -0.2) is 40.0 Å². The predicted molar refractivity (Wildman–Crippen MR) is 28.7 cm³/mol. The van der Waals surface area contributed by atoms with Gasteiger partial charge < -0.3 is 21.1 Å². The third kappa shape index (κ3) is 2.41. The lowest BCUT2D eigenvalue weighted by atomic mass is 10.2. The molecule has 0 amide bonds. The van der Waals surface area contributed by atoms with Crippen molar-refractivity contribution in [1.29, 1.82) is 0 Å². The van der Waals surface area contributed by atoms with Crippen LogP contribution in [0.25, 0.3) is 0 Å². The average molecular weight is 135 g/mol. The third-order valence-corrected chi connectivity index (χ3v) is 0.869. The van der Waals surface area contributed by atoms with Crippen molar-refractivity contribution in [3.8, 4) is 0 Å². The summed E-state index contributed by atoms with van der Waals surface area (Å²) < 4.78 is 0. The van der Waals surface area contributed by atoms with Crippen LogP contribution in [0.1, 0.15) is 0 Å². The molecule has 0 saturated heterocycles. The highest BCUT2D eigenvalue weighted by atomic mass is 16.4. The number of carboxylic acid groups (broad SMARTS) is 1. The van der Waals surface area contributed by atoms with Gasteiger partial charge in [-0.25, -0.2) is 4.79 Å².